The van der Waals surface area contributed by atoms with Crippen molar-refractivity contribution in [2.45, 2.75) is 12.8 Å². The van der Waals surface area contributed by atoms with Gasteiger partial charge in [0.1, 0.15) is 10.8 Å². The van der Waals surface area contributed by atoms with E-state index in [9.17, 15) is 0 Å². The average molecular weight is 386 g/mol. The van der Waals surface area contributed by atoms with Crippen molar-refractivity contribution in [3.63, 3.8) is 0 Å². The zero-order valence-electron chi connectivity index (χ0n) is 15.4. The number of hydrogen-bond donors (Lipinski definition) is 0. The van der Waals surface area contributed by atoms with Gasteiger partial charge in [-0.15, -0.1) is 10.2 Å². The third-order valence-electron chi connectivity index (χ3n) is 4.84. The Morgan fingerprint density at radius 2 is 1.71 bits per heavy atom. The van der Waals surface area contributed by atoms with Crippen LogP contribution in [0.15, 0.2) is 66.7 Å². The van der Waals surface area contributed by atoms with E-state index in [4.69, 9.17) is 9.84 Å². The third-order valence-corrected chi connectivity index (χ3v) is 5.74. The highest BCUT2D eigenvalue weighted by Gasteiger charge is 2.13. The highest BCUT2D eigenvalue weighted by molar-refractivity contribution is 7.16. The molecule has 2 aromatic heterocycles. The fourth-order valence-electron chi connectivity index (χ4n) is 3.41. The minimum absolute atomic E-state index is 0.683. The Kier molecular flexibility index (Phi) is 4.25. The highest BCUT2D eigenvalue weighted by Crippen LogP contribution is 2.24. The summed E-state index contributed by atoms with van der Waals surface area (Å²) in [6, 6.07) is 22.9. The Bertz CT molecular complexity index is 1250. The number of benzene rings is 3. The van der Waals surface area contributed by atoms with Gasteiger partial charge in [-0.2, -0.15) is 9.61 Å². The molecule has 0 aliphatic rings. The lowest BCUT2D eigenvalue weighted by atomic mass is 10.0. The Labute approximate surface area is 166 Å². The molecule has 0 bridgehead atoms. The second-order valence-corrected chi connectivity index (χ2v) is 7.69. The SMILES string of the molecule is COc1ccc(Cc2nnc3sc(Cc4cccc5ccccc45)nn23)cc1. The summed E-state index contributed by atoms with van der Waals surface area (Å²) in [5, 5.41) is 17.0. The molecule has 0 radical (unpaired) electrons. The maximum Gasteiger partial charge on any atom is 0.234 e. The van der Waals surface area contributed by atoms with E-state index < -0.39 is 0 Å². The van der Waals surface area contributed by atoms with Gasteiger partial charge in [0.05, 0.1) is 7.11 Å². The summed E-state index contributed by atoms with van der Waals surface area (Å²) in [5.41, 5.74) is 2.43. The van der Waals surface area contributed by atoms with E-state index >= 15 is 0 Å². The van der Waals surface area contributed by atoms with Gasteiger partial charge in [-0.3, -0.25) is 0 Å². The van der Waals surface area contributed by atoms with Crippen molar-refractivity contribution in [3.05, 3.63) is 88.7 Å². The second kappa shape index (κ2) is 7.05. The van der Waals surface area contributed by atoms with Crippen LogP contribution >= 0.6 is 11.3 Å². The minimum Gasteiger partial charge on any atom is -0.497 e. The molecule has 0 aliphatic heterocycles. The van der Waals surface area contributed by atoms with Gasteiger partial charge in [0.25, 0.3) is 0 Å². The molecule has 5 aromatic rings. The highest BCUT2D eigenvalue weighted by atomic mass is 32.1. The van der Waals surface area contributed by atoms with E-state index in [0.29, 0.717) is 6.42 Å². The predicted molar refractivity (Wildman–Crippen MR) is 111 cm³/mol. The van der Waals surface area contributed by atoms with Crippen LogP contribution in [0, 0.1) is 0 Å². The summed E-state index contributed by atoms with van der Waals surface area (Å²) in [6.07, 6.45) is 1.47. The summed E-state index contributed by atoms with van der Waals surface area (Å²) in [4.78, 5) is 0.832. The summed E-state index contributed by atoms with van der Waals surface area (Å²) >= 11 is 1.60. The van der Waals surface area contributed by atoms with Crippen LogP contribution < -0.4 is 4.74 Å². The van der Waals surface area contributed by atoms with E-state index in [1.807, 2.05) is 28.8 Å². The molecule has 2 heterocycles. The third kappa shape index (κ3) is 3.12. The van der Waals surface area contributed by atoms with Gasteiger partial charge in [0.15, 0.2) is 5.82 Å². The number of aromatic nitrogens is 4. The van der Waals surface area contributed by atoms with Gasteiger partial charge in [0.2, 0.25) is 4.96 Å². The minimum atomic E-state index is 0.683. The molecular weight excluding hydrogens is 368 g/mol. The molecule has 0 unspecified atom stereocenters. The quantitative estimate of drug-likeness (QED) is 0.445. The van der Waals surface area contributed by atoms with Crippen molar-refractivity contribution in [1.82, 2.24) is 19.8 Å². The zero-order valence-corrected chi connectivity index (χ0v) is 16.2. The fraction of sp³-hybridized carbons (Fsp3) is 0.136. The Morgan fingerprint density at radius 3 is 2.57 bits per heavy atom. The van der Waals surface area contributed by atoms with Crippen molar-refractivity contribution in [1.29, 1.82) is 0 Å². The molecule has 28 heavy (non-hydrogen) atoms. The normalized spacial score (nSPS) is 11.3. The molecule has 0 saturated heterocycles. The first-order valence-electron chi connectivity index (χ1n) is 9.10. The lowest BCUT2D eigenvalue weighted by Crippen LogP contribution is -1.99. The summed E-state index contributed by atoms with van der Waals surface area (Å²) in [7, 11) is 1.67. The Morgan fingerprint density at radius 1 is 0.893 bits per heavy atom. The first-order valence-corrected chi connectivity index (χ1v) is 9.91. The predicted octanol–water partition coefficient (Wildman–Crippen LogP) is 4.53. The van der Waals surface area contributed by atoms with Gasteiger partial charge >= 0.3 is 0 Å². The number of methoxy groups -OCH3 is 1. The lowest BCUT2D eigenvalue weighted by Gasteiger charge is -2.04. The van der Waals surface area contributed by atoms with Crippen LogP contribution in [-0.4, -0.2) is 26.9 Å². The van der Waals surface area contributed by atoms with Gasteiger partial charge < -0.3 is 4.74 Å². The lowest BCUT2D eigenvalue weighted by molar-refractivity contribution is 0.414. The second-order valence-electron chi connectivity index (χ2n) is 6.65. The molecule has 0 amide bonds. The molecule has 0 spiro atoms. The van der Waals surface area contributed by atoms with Crippen LogP contribution in [0.25, 0.3) is 15.7 Å². The van der Waals surface area contributed by atoms with Crippen molar-refractivity contribution in [2.75, 3.05) is 7.11 Å². The molecule has 3 aromatic carbocycles. The standard InChI is InChI=1S/C22H18N4OS/c1-27-18-11-9-15(10-12-18)13-20-23-24-22-26(20)25-21(28-22)14-17-7-4-6-16-5-2-3-8-19(16)17/h2-12H,13-14H2,1H3. The van der Waals surface area contributed by atoms with Crippen molar-refractivity contribution in [2.24, 2.45) is 0 Å². The molecule has 0 fully saturated rings. The number of fused-ring (bicyclic) bond motifs is 2. The maximum atomic E-state index is 5.22. The number of nitrogens with zero attached hydrogens (tertiary/aromatic N) is 4. The van der Waals surface area contributed by atoms with Crippen LogP contribution in [0.1, 0.15) is 22.0 Å². The van der Waals surface area contributed by atoms with E-state index in [1.165, 1.54) is 16.3 Å². The van der Waals surface area contributed by atoms with Gasteiger partial charge in [-0.05, 0) is 34.0 Å². The summed E-state index contributed by atoms with van der Waals surface area (Å²) < 4.78 is 7.09. The smallest absolute Gasteiger partial charge is 0.234 e. The largest absolute Gasteiger partial charge is 0.497 e. The molecule has 0 aliphatic carbocycles. The van der Waals surface area contributed by atoms with Crippen LogP contribution in [0.2, 0.25) is 0 Å². The molecule has 0 saturated carbocycles. The first kappa shape index (κ1) is 16.9. The zero-order chi connectivity index (χ0) is 18.9. The average Bonchev–Trinajstić information content (AvgIpc) is 3.30. The van der Waals surface area contributed by atoms with E-state index in [2.05, 4.69) is 52.7 Å². The maximum absolute atomic E-state index is 5.22. The van der Waals surface area contributed by atoms with E-state index in [-0.39, 0.29) is 0 Å². The molecule has 5 rings (SSSR count). The van der Waals surface area contributed by atoms with E-state index in [1.54, 1.807) is 18.4 Å². The first-order chi connectivity index (χ1) is 13.8. The molecule has 0 atom stereocenters. The molecule has 6 heteroatoms. The van der Waals surface area contributed by atoms with Crippen LogP contribution in [0.4, 0.5) is 0 Å². The van der Waals surface area contributed by atoms with Gasteiger partial charge in [0, 0.05) is 12.8 Å². The monoisotopic (exact) mass is 386 g/mol. The fourth-order valence-corrected chi connectivity index (χ4v) is 4.29. The van der Waals surface area contributed by atoms with Crippen LogP contribution in [-0.2, 0) is 12.8 Å². The van der Waals surface area contributed by atoms with Gasteiger partial charge in [-0.25, -0.2) is 0 Å². The summed E-state index contributed by atoms with van der Waals surface area (Å²) in [6.45, 7) is 0. The number of ether oxygens (including phenoxy) is 1. The van der Waals surface area contributed by atoms with E-state index in [0.717, 1.165) is 33.5 Å². The van der Waals surface area contributed by atoms with Crippen LogP contribution in [0.5, 0.6) is 5.75 Å². The number of rotatable bonds is 5. The van der Waals surface area contributed by atoms with Crippen molar-refractivity contribution in [3.8, 4) is 5.75 Å². The van der Waals surface area contributed by atoms with Gasteiger partial charge in [-0.1, -0.05) is 65.9 Å². The molecule has 5 nitrogen and oxygen atoms in total. The number of hydrogen-bond acceptors (Lipinski definition) is 5. The molecule has 0 N–H and O–H groups in total. The van der Waals surface area contributed by atoms with Crippen LogP contribution in [0.3, 0.4) is 0 Å². The topological polar surface area (TPSA) is 52.3 Å². The molecule has 138 valence electrons. The molecular formula is C22H18N4OS. The Hall–Kier alpha value is -3.25. The van der Waals surface area contributed by atoms with Crippen molar-refractivity contribution < 1.29 is 4.74 Å². The van der Waals surface area contributed by atoms with Crippen molar-refractivity contribution >= 4 is 27.1 Å². The Balaban J connectivity index is 1.44. The summed E-state index contributed by atoms with van der Waals surface area (Å²) in [5.74, 6) is 1.70.